The van der Waals surface area contributed by atoms with Gasteiger partial charge in [-0.15, -0.1) is 0 Å². The summed E-state index contributed by atoms with van der Waals surface area (Å²) < 4.78 is 30.2. The summed E-state index contributed by atoms with van der Waals surface area (Å²) in [6.45, 7) is 0. The van der Waals surface area contributed by atoms with Crippen LogP contribution < -0.4 is 10.5 Å². The molecule has 1 rings (SSSR count). The van der Waals surface area contributed by atoms with Crippen LogP contribution in [0.4, 0.5) is 14.5 Å². The Labute approximate surface area is 72.9 Å². The number of anilines is 1. The van der Waals surface area contributed by atoms with Crippen molar-refractivity contribution in [2.75, 3.05) is 12.8 Å². The van der Waals surface area contributed by atoms with Crippen LogP contribution in [0.3, 0.4) is 0 Å². The molecule has 0 bridgehead atoms. The Bertz CT molecular complexity index is 317. The molecule has 0 atom stereocenters. The number of nitrogen functional groups attached to an aromatic ring is 1. The first kappa shape index (κ1) is 9.06. The highest BCUT2D eigenvalue weighted by atomic mass is 35.5. The smallest absolute Gasteiger partial charge is 0.185 e. The second-order valence-corrected chi connectivity index (χ2v) is 2.48. The highest BCUT2D eigenvalue weighted by molar-refractivity contribution is 6.33. The number of hydrogen-bond donors (Lipinski definition) is 1. The van der Waals surface area contributed by atoms with Gasteiger partial charge < -0.3 is 10.5 Å². The first-order valence-electron chi connectivity index (χ1n) is 3.05. The number of methoxy groups -OCH3 is 1. The van der Waals surface area contributed by atoms with Crippen molar-refractivity contribution in [3.8, 4) is 5.75 Å². The van der Waals surface area contributed by atoms with Gasteiger partial charge in [0, 0.05) is 6.07 Å². The van der Waals surface area contributed by atoms with Crippen LogP contribution in [-0.2, 0) is 0 Å². The van der Waals surface area contributed by atoms with Crippen molar-refractivity contribution in [2.24, 2.45) is 0 Å². The number of benzene rings is 1. The SMILES string of the molecule is COc1cc(F)c(N)c(Cl)c1F. The summed E-state index contributed by atoms with van der Waals surface area (Å²) in [7, 11) is 1.21. The molecule has 0 aliphatic heterocycles. The number of nitrogens with two attached hydrogens (primary N) is 1. The lowest BCUT2D eigenvalue weighted by Crippen LogP contribution is -1.97. The van der Waals surface area contributed by atoms with Gasteiger partial charge >= 0.3 is 0 Å². The quantitative estimate of drug-likeness (QED) is 0.548. The van der Waals surface area contributed by atoms with E-state index in [0.717, 1.165) is 6.07 Å². The van der Waals surface area contributed by atoms with Gasteiger partial charge in [-0.05, 0) is 0 Å². The average Bonchev–Trinajstić information content (AvgIpc) is 2.08. The molecule has 0 saturated heterocycles. The van der Waals surface area contributed by atoms with E-state index in [9.17, 15) is 8.78 Å². The highest BCUT2D eigenvalue weighted by Crippen LogP contribution is 2.31. The number of hydrogen-bond acceptors (Lipinski definition) is 2. The van der Waals surface area contributed by atoms with Crippen LogP contribution >= 0.6 is 11.6 Å². The lowest BCUT2D eigenvalue weighted by atomic mass is 10.3. The van der Waals surface area contributed by atoms with E-state index in [2.05, 4.69) is 4.74 Å². The summed E-state index contributed by atoms with van der Waals surface area (Å²) in [5.41, 5.74) is 4.70. The molecule has 1 aromatic rings. The largest absolute Gasteiger partial charge is 0.494 e. The fraction of sp³-hybridized carbons (Fsp3) is 0.143. The topological polar surface area (TPSA) is 35.2 Å². The molecule has 0 heterocycles. The van der Waals surface area contributed by atoms with Crippen LogP contribution in [0.15, 0.2) is 6.07 Å². The summed E-state index contributed by atoms with van der Waals surface area (Å²) in [5.74, 6) is -1.90. The third-order valence-electron chi connectivity index (χ3n) is 1.38. The summed E-state index contributed by atoms with van der Waals surface area (Å²) in [5, 5.41) is -0.452. The van der Waals surface area contributed by atoms with Gasteiger partial charge in [0.15, 0.2) is 17.4 Å². The van der Waals surface area contributed by atoms with Gasteiger partial charge in [0.25, 0.3) is 0 Å². The van der Waals surface area contributed by atoms with Gasteiger partial charge in [-0.2, -0.15) is 0 Å². The van der Waals surface area contributed by atoms with Gasteiger partial charge in [0.05, 0.1) is 12.8 Å². The summed E-state index contributed by atoms with van der Waals surface area (Å²) in [6, 6.07) is 0.844. The second-order valence-electron chi connectivity index (χ2n) is 2.10. The van der Waals surface area contributed by atoms with E-state index >= 15 is 0 Å². The minimum absolute atomic E-state index is 0.258. The van der Waals surface area contributed by atoms with Gasteiger partial charge in [-0.25, -0.2) is 8.78 Å². The van der Waals surface area contributed by atoms with E-state index in [0.29, 0.717) is 0 Å². The van der Waals surface area contributed by atoms with Crippen molar-refractivity contribution in [1.82, 2.24) is 0 Å². The Balaban J connectivity index is 3.39. The number of ether oxygens (including phenoxy) is 1. The molecular weight excluding hydrogens is 188 g/mol. The number of halogens is 3. The minimum Gasteiger partial charge on any atom is -0.494 e. The molecule has 0 spiro atoms. The highest BCUT2D eigenvalue weighted by Gasteiger charge is 2.14. The molecule has 0 radical (unpaired) electrons. The van der Waals surface area contributed by atoms with Gasteiger partial charge in [-0.3, -0.25) is 0 Å². The third-order valence-corrected chi connectivity index (χ3v) is 1.75. The molecule has 2 N–H and O–H groups in total. The van der Waals surface area contributed by atoms with Crippen molar-refractivity contribution in [1.29, 1.82) is 0 Å². The maximum atomic E-state index is 12.9. The Morgan fingerprint density at radius 3 is 2.58 bits per heavy atom. The first-order valence-corrected chi connectivity index (χ1v) is 3.42. The van der Waals surface area contributed by atoms with Crippen LogP contribution in [0.1, 0.15) is 0 Å². The molecule has 0 fully saturated rings. The van der Waals surface area contributed by atoms with Crippen molar-refractivity contribution in [3.63, 3.8) is 0 Å². The molecule has 0 amide bonds. The standard InChI is InChI=1S/C7H6ClF2NO/c1-12-4-2-3(9)7(11)5(8)6(4)10/h2H,11H2,1H3. The van der Waals surface area contributed by atoms with Gasteiger partial charge in [-0.1, -0.05) is 11.6 Å². The molecule has 66 valence electrons. The zero-order valence-corrected chi connectivity index (χ0v) is 6.95. The third kappa shape index (κ3) is 1.30. The lowest BCUT2D eigenvalue weighted by Gasteiger charge is -2.05. The van der Waals surface area contributed by atoms with Crippen molar-refractivity contribution in [2.45, 2.75) is 0 Å². The molecule has 5 heteroatoms. The number of rotatable bonds is 1. The van der Waals surface area contributed by atoms with Gasteiger partial charge in [0.1, 0.15) is 5.02 Å². The van der Waals surface area contributed by atoms with Gasteiger partial charge in [0.2, 0.25) is 0 Å². The Morgan fingerprint density at radius 2 is 2.08 bits per heavy atom. The van der Waals surface area contributed by atoms with Crippen LogP contribution in [-0.4, -0.2) is 7.11 Å². The molecule has 0 aliphatic carbocycles. The van der Waals surface area contributed by atoms with Crippen molar-refractivity contribution in [3.05, 3.63) is 22.7 Å². The Hall–Kier alpha value is -1.03. The zero-order chi connectivity index (χ0) is 9.30. The maximum absolute atomic E-state index is 12.9. The van der Waals surface area contributed by atoms with Crippen LogP contribution in [0, 0.1) is 11.6 Å². The van der Waals surface area contributed by atoms with E-state index in [1.165, 1.54) is 7.11 Å². The van der Waals surface area contributed by atoms with Crippen LogP contribution in [0.25, 0.3) is 0 Å². The molecule has 0 aromatic heterocycles. The fourth-order valence-corrected chi connectivity index (χ4v) is 0.919. The molecule has 12 heavy (non-hydrogen) atoms. The van der Waals surface area contributed by atoms with E-state index in [1.807, 2.05) is 0 Å². The second kappa shape index (κ2) is 3.15. The fourth-order valence-electron chi connectivity index (χ4n) is 0.736. The molecule has 2 nitrogen and oxygen atoms in total. The monoisotopic (exact) mass is 193 g/mol. The molecule has 1 aromatic carbocycles. The molecule has 0 aliphatic rings. The van der Waals surface area contributed by atoms with E-state index in [-0.39, 0.29) is 5.75 Å². The Morgan fingerprint density at radius 1 is 1.50 bits per heavy atom. The first-order chi connectivity index (χ1) is 5.57. The van der Waals surface area contributed by atoms with E-state index < -0.39 is 22.3 Å². The molecule has 0 unspecified atom stereocenters. The van der Waals surface area contributed by atoms with Crippen molar-refractivity contribution < 1.29 is 13.5 Å². The molecule has 0 saturated carbocycles. The molecular formula is C7H6ClF2NO. The lowest BCUT2D eigenvalue weighted by molar-refractivity contribution is 0.383. The summed E-state index contributed by atoms with van der Waals surface area (Å²) >= 11 is 5.35. The summed E-state index contributed by atoms with van der Waals surface area (Å²) in [4.78, 5) is 0. The summed E-state index contributed by atoms with van der Waals surface area (Å²) in [6.07, 6.45) is 0. The van der Waals surface area contributed by atoms with Crippen molar-refractivity contribution >= 4 is 17.3 Å². The Kier molecular flexibility index (Phi) is 2.38. The maximum Gasteiger partial charge on any atom is 0.185 e. The minimum atomic E-state index is -0.849. The van der Waals surface area contributed by atoms with Crippen LogP contribution in [0.2, 0.25) is 5.02 Å². The average molecular weight is 194 g/mol. The normalized spacial score (nSPS) is 10.0. The van der Waals surface area contributed by atoms with E-state index in [1.54, 1.807) is 0 Å². The van der Waals surface area contributed by atoms with E-state index in [4.69, 9.17) is 17.3 Å². The predicted molar refractivity (Wildman–Crippen MR) is 42.3 cm³/mol. The van der Waals surface area contributed by atoms with Crippen LogP contribution in [0.5, 0.6) is 5.75 Å². The zero-order valence-electron chi connectivity index (χ0n) is 6.20. The predicted octanol–water partition coefficient (Wildman–Crippen LogP) is 2.21.